The molecular weight excluding hydrogens is 470 g/mol. The van der Waals surface area contributed by atoms with Gasteiger partial charge in [-0.1, -0.05) is 11.6 Å². The van der Waals surface area contributed by atoms with Crippen molar-refractivity contribution < 1.29 is 9.59 Å². The molecule has 0 saturated carbocycles. The van der Waals surface area contributed by atoms with Gasteiger partial charge in [-0.05, 0) is 50.5 Å². The predicted octanol–water partition coefficient (Wildman–Crippen LogP) is 1.76. The van der Waals surface area contributed by atoms with Crippen LogP contribution in [0, 0.1) is 13.8 Å². The molecule has 3 aromatic rings. The molecule has 0 unspecified atom stereocenters. The number of nitrogen functional groups attached to an aromatic ring is 2. The first-order chi connectivity index (χ1) is 16.7. The fourth-order valence-electron chi connectivity index (χ4n) is 4.63. The number of nitrogens with one attached hydrogen (secondary N) is 3. The SMILES string of the molecule is Cc1[nH]c2ccc(C(=O)N3CCC4(CC3)CN/C(=N\C(=O)c3nc(Cl)c(N)nc3N)N4)cc2c1C. The highest BCUT2D eigenvalue weighted by Gasteiger charge is 2.41. The number of benzene rings is 1. The number of H-pyrrole nitrogens is 1. The molecule has 1 aromatic carbocycles. The number of nitrogens with zero attached hydrogens (tertiary/aromatic N) is 4. The van der Waals surface area contributed by atoms with E-state index < -0.39 is 5.91 Å². The topological polar surface area (TPSA) is 167 Å². The Hall–Kier alpha value is -3.86. The minimum Gasteiger partial charge on any atom is -0.382 e. The van der Waals surface area contributed by atoms with Crippen molar-refractivity contribution in [3.05, 3.63) is 45.9 Å². The summed E-state index contributed by atoms with van der Waals surface area (Å²) in [7, 11) is 0. The van der Waals surface area contributed by atoms with Gasteiger partial charge in [-0.15, -0.1) is 0 Å². The first-order valence-corrected chi connectivity index (χ1v) is 11.7. The summed E-state index contributed by atoms with van der Waals surface area (Å²) >= 11 is 5.86. The molecule has 12 heteroatoms. The van der Waals surface area contributed by atoms with Crippen LogP contribution in [0.1, 0.15) is 44.9 Å². The summed E-state index contributed by atoms with van der Waals surface area (Å²) in [5.74, 6) is -0.521. The zero-order valence-corrected chi connectivity index (χ0v) is 20.2. The molecule has 35 heavy (non-hydrogen) atoms. The lowest BCUT2D eigenvalue weighted by atomic mass is 9.88. The van der Waals surface area contributed by atoms with Crippen LogP contribution >= 0.6 is 11.6 Å². The van der Waals surface area contributed by atoms with E-state index in [4.69, 9.17) is 23.1 Å². The van der Waals surface area contributed by atoms with E-state index in [-0.39, 0.29) is 33.9 Å². The van der Waals surface area contributed by atoms with E-state index in [9.17, 15) is 9.59 Å². The number of aryl methyl sites for hydroxylation is 2. The van der Waals surface area contributed by atoms with Crippen molar-refractivity contribution in [3.8, 4) is 0 Å². The number of amides is 2. The monoisotopic (exact) mass is 495 g/mol. The Morgan fingerprint density at radius 1 is 1.14 bits per heavy atom. The van der Waals surface area contributed by atoms with Gasteiger partial charge < -0.3 is 32.0 Å². The van der Waals surface area contributed by atoms with E-state index in [1.807, 2.05) is 30.0 Å². The number of anilines is 2. The quantitative estimate of drug-likeness (QED) is 0.358. The zero-order valence-electron chi connectivity index (χ0n) is 19.4. The van der Waals surface area contributed by atoms with Crippen molar-refractivity contribution >= 4 is 51.9 Å². The van der Waals surface area contributed by atoms with Crippen molar-refractivity contribution in [2.75, 3.05) is 31.1 Å². The van der Waals surface area contributed by atoms with Gasteiger partial charge in [-0.3, -0.25) is 9.59 Å². The molecule has 0 atom stereocenters. The number of fused-ring (bicyclic) bond motifs is 1. The third kappa shape index (κ3) is 4.12. The van der Waals surface area contributed by atoms with Crippen LogP contribution in [-0.4, -0.2) is 62.8 Å². The number of aliphatic imine (C=N–C) groups is 1. The number of aromatic nitrogens is 3. The molecule has 0 bridgehead atoms. The summed E-state index contributed by atoms with van der Waals surface area (Å²) in [6, 6.07) is 5.79. The molecule has 2 fully saturated rings. The van der Waals surface area contributed by atoms with E-state index in [0.717, 1.165) is 22.2 Å². The van der Waals surface area contributed by atoms with Gasteiger partial charge in [0.1, 0.15) is 0 Å². The molecule has 2 aliphatic heterocycles. The molecular formula is C23H26ClN9O2. The smallest absolute Gasteiger partial charge is 0.302 e. The molecule has 2 amide bonds. The second-order valence-electron chi connectivity index (χ2n) is 9.09. The lowest BCUT2D eigenvalue weighted by Gasteiger charge is -2.38. The number of halogens is 1. The number of likely N-dealkylation sites (tertiary alicyclic amines) is 1. The Labute approximate surface area is 206 Å². The van der Waals surface area contributed by atoms with E-state index in [0.29, 0.717) is 44.0 Å². The summed E-state index contributed by atoms with van der Waals surface area (Å²) in [4.78, 5) is 42.7. The fourth-order valence-corrected chi connectivity index (χ4v) is 4.76. The number of carbonyl (C=O) groups excluding carboxylic acids is 2. The summed E-state index contributed by atoms with van der Waals surface area (Å²) < 4.78 is 0. The first-order valence-electron chi connectivity index (χ1n) is 11.3. The highest BCUT2D eigenvalue weighted by atomic mass is 35.5. The van der Waals surface area contributed by atoms with Crippen molar-refractivity contribution in [1.82, 2.24) is 30.5 Å². The third-order valence-electron chi connectivity index (χ3n) is 6.86. The normalized spacial score (nSPS) is 18.1. The summed E-state index contributed by atoms with van der Waals surface area (Å²) in [5, 5.41) is 7.41. The van der Waals surface area contributed by atoms with Crippen LogP contribution in [0.2, 0.25) is 5.15 Å². The summed E-state index contributed by atoms with van der Waals surface area (Å²) in [6.45, 7) is 5.84. The van der Waals surface area contributed by atoms with Crippen molar-refractivity contribution in [1.29, 1.82) is 0 Å². The second-order valence-corrected chi connectivity index (χ2v) is 9.44. The lowest BCUT2D eigenvalue weighted by Crippen LogP contribution is -2.53. The molecule has 2 saturated heterocycles. The standard InChI is InChI=1S/C23H26ClN9O2/c1-11-12(2)28-15-4-3-13(9-14(11)15)21(35)33-7-5-23(6-8-33)10-27-22(32-23)31-20(34)16-18(25)30-19(26)17(24)29-16/h3-4,9,28H,5-8,10H2,1-2H3,(H4,25,26,30)(H2,27,31,32,34). The van der Waals surface area contributed by atoms with Gasteiger partial charge >= 0.3 is 5.91 Å². The van der Waals surface area contributed by atoms with Crippen LogP contribution in [0.15, 0.2) is 23.2 Å². The maximum Gasteiger partial charge on any atom is 0.302 e. The Balaban J connectivity index is 1.25. The number of aromatic amines is 1. The molecule has 1 spiro atoms. The minimum absolute atomic E-state index is 0.0179. The summed E-state index contributed by atoms with van der Waals surface area (Å²) in [6.07, 6.45) is 1.41. The van der Waals surface area contributed by atoms with Crippen LogP contribution in [0.25, 0.3) is 10.9 Å². The zero-order chi connectivity index (χ0) is 24.9. The first kappa shape index (κ1) is 22.9. The van der Waals surface area contributed by atoms with E-state index in [1.54, 1.807) is 0 Å². The van der Waals surface area contributed by atoms with Crippen LogP contribution in [0.3, 0.4) is 0 Å². The highest BCUT2D eigenvalue weighted by Crippen LogP contribution is 2.27. The van der Waals surface area contributed by atoms with Crippen LogP contribution < -0.4 is 22.1 Å². The molecule has 11 nitrogen and oxygen atoms in total. The molecule has 2 aromatic heterocycles. The predicted molar refractivity (Wildman–Crippen MR) is 134 cm³/mol. The van der Waals surface area contributed by atoms with Gasteiger partial charge in [0.05, 0.1) is 5.54 Å². The fraction of sp³-hybridized carbons (Fsp3) is 0.348. The van der Waals surface area contributed by atoms with Gasteiger partial charge in [0.25, 0.3) is 5.91 Å². The van der Waals surface area contributed by atoms with Crippen molar-refractivity contribution in [3.63, 3.8) is 0 Å². The maximum atomic E-state index is 13.2. The molecule has 182 valence electrons. The average molecular weight is 496 g/mol. The van der Waals surface area contributed by atoms with Gasteiger partial charge in [0.2, 0.25) is 0 Å². The molecule has 5 rings (SSSR count). The number of carbonyl (C=O) groups is 2. The largest absolute Gasteiger partial charge is 0.382 e. The number of piperidine rings is 1. The molecule has 2 aliphatic rings. The molecule has 0 aliphatic carbocycles. The molecule has 4 heterocycles. The number of guanidine groups is 1. The maximum absolute atomic E-state index is 13.2. The Morgan fingerprint density at radius 3 is 2.63 bits per heavy atom. The van der Waals surface area contributed by atoms with Crippen molar-refractivity contribution in [2.24, 2.45) is 4.99 Å². The lowest BCUT2D eigenvalue weighted by molar-refractivity contribution is 0.0669. The third-order valence-corrected chi connectivity index (χ3v) is 7.14. The Kier molecular flexibility index (Phi) is 5.51. The number of rotatable bonds is 2. The van der Waals surface area contributed by atoms with E-state index >= 15 is 0 Å². The van der Waals surface area contributed by atoms with E-state index in [1.165, 1.54) is 0 Å². The van der Waals surface area contributed by atoms with Gasteiger partial charge in [0.15, 0.2) is 28.4 Å². The number of nitrogens with two attached hydrogens (primary N) is 2. The molecule has 0 radical (unpaired) electrons. The number of hydrogen-bond donors (Lipinski definition) is 5. The average Bonchev–Trinajstić information content (AvgIpc) is 3.35. The van der Waals surface area contributed by atoms with Gasteiger partial charge in [-0.25, -0.2) is 9.97 Å². The number of hydrogen-bond acceptors (Lipinski definition) is 6. The highest BCUT2D eigenvalue weighted by molar-refractivity contribution is 6.31. The van der Waals surface area contributed by atoms with Gasteiger partial charge in [0, 0.05) is 41.8 Å². The Morgan fingerprint density at radius 2 is 1.89 bits per heavy atom. The Bertz CT molecular complexity index is 1390. The summed E-state index contributed by atoms with van der Waals surface area (Å²) in [5.41, 5.74) is 14.8. The van der Waals surface area contributed by atoms with Crippen LogP contribution in [-0.2, 0) is 0 Å². The van der Waals surface area contributed by atoms with Gasteiger partial charge in [-0.2, -0.15) is 4.99 Å². The molecule has 7 N–H and O–H groups in total. The van der Waals surface area contributed by atoms with Crippen molar-refractivity contribution in [2.45, 2.75) is 32.2 Å². The van der Waals surface area contributed by atoms with E-state index in [2.05, 4.69) is 37.5 Å². The van der Waals surface area contributed by atoms with Crippen LogP contribution in [0.4, 0.5) is 11.6 Å². The van der Waals surface area contributed by atoms with Crippen LogP contribution in [0.5, 0.6) is 0 Å². The second kappa shape index (κ2) is 8.42. The minimum atomic E-state index is -0.678.